The van der Waals surface area contributed by atoms with Crippen LogP contribution in [0, 0.1) is 5.92 Å². The first kappa shape index (κ1) is 14.9. The molecule has 3 rings (SSSR count). The quantitative estimate of drug-likeness (QED) is 0.572. The van der Waals surface area contributed by atoms with Crippen molar-refractivity contribution in [3.8, 4) is 5.75 Å². The summed E-state index contributed by atoms with van der Waals surface area (Å²) in [5.74, 6) is 1.33. The third kappa shape index (κ3) is 2.98. The molecule has 2 aliphatic rings. The van der Waals surface area contributed by atoms with Crippen LogP contribution < -0.4 is 4.74 Å². The molecule has 0 bridgehead atoms. The summed E-state index contributed by atoms with van der Waals surface area (Å²) in [6.45, 7) is 0.623. The molecule has 2 fully saturated rings. The van der Waals surface area contributed by atoms with E-state index in [1.807, 2.05) is 29.2 Å². The van der Waals surface area contributed by atoms with E-state index in [0.717, 1.165) is 22.2 Å². The van der Waals surface area contributed by atoms with Crippen molar-refractivity contribution >= 4 is 28.7 Å². The number of nitrogens with zero attached hydrogens (tertiary/aromatic N) is 1. The van der Waals surface area contributed by atoms with Crippen LogP contribution in [0.15, 0.2) is 24.3 Å². The lowest BCUT2D eigenvalue weighted by atomic mass is 9.94. The van der Waals surface area contributed by atoms with Crippen LogP contribution in [0.4, 0.5) is 4.79 Å². The highest BCUT2D eigenvalue weighted by molar-refractivity contribution is 14.1. The lowest BCUT2D eigenvalue weighted by molar-refractivity contribution is -0.0242. The summed E-state index contributed by atoms with van der Waals surface area (Å²) >= 11 is 2.32. The normalized spacial score (nSPS) is 28.2. The maximum Gasteiger partial charge on any atom is 0.410 e. The molecule has 0 radical (unpaired) electrons. The summed E-state index contributed by atoms with van der Waals surface area (Å²) in [6.07, 6.45) is 3.40. The Balaban J connectivity index is 1.75. The number of benzene rings is 1. The molecule has 3 atom stereocenters. The average Bonchev–Trinajstić information content (AvgIpc) is 3.00. The van der Waals surface area contributed by atoms with Crippen molar-refractivity contribution in [1.82, 2.24) is 4.90 Å². The van der Waals surface area contributed by atoms with Crippen LogP contribution in [0.1, 0.15) is 24.8 Å². The maximum atomic E-state index is 12.3. The number of methoxy groups -OCH3 is 1. The molecular formula is C16H20INO3. The van der Waals surface area contributed by atoms with Crippen LogP contribution in [-0.4, -0.2) is 34.7 Å². The van der Waals surface area contributed by atoms with E-state index in [4.69, 9.17) is 9.47 Å². The van der Waals surface area contributed by atoms with Gasteiger partial charge in [0.05, 0.1) is 7.11 Å². The van der Waals surface area contributed by atoms with Crippen molar-refractivity contribution < 1.29 is 14.3 Å². The van der Waals surface area contributed by atoms with Crippen LogP contribution in [0.3, 0.4) is 0 Å². The second-order valence-electron chi connectivity index (χ2n) is 5.71. The molecule has 1 aromatic rings. The van der Waals surface area contributed by atoms with Crippen LogP contribution >= 0.6 is 22.6 Å². The zero-order valence-corrected chi connectivity index (χ0v) is 14.3. The first-order valence-corrected chi connectivity index (χ1v) is 8.91. The predicted molar refractivity (Wildman–Crippen MR) is 88.8 cm³/mol. The molecule has 5 heteroatoms. The Kier molecular flexibility index (Phi) is 4.57. The van der Waals surface area contributed by atoms with E-state index in [1.165, 1.54) is 12.8 Å². The minimum atomic E-state index is -0.157. The van der Waals surface area contributed by atoms with Gasteiger partial charge in [-0.25, -0.2) is 4.79 Å². The average molecular weight is 401 g/mol. The standard InChI is InChI=1S/C16H20INO3/c1-20-12-7-5-11(6-8-12)10-18-14-4-2-3-13(14)15(9-17)21-16(18)19/h5-8,13-15H,2-4,9-10H2,1H3/t13-,14-,15+/m0/s1. The highest BCUT2D eigenvalue weighted by Crippen LogP contribution is 2.39. The van der Waals surface area contributed by atoms with Gasteiger partial charge >= 0.3 is 6.09 Å². The number of fused-ring (bicyclic) bond motifs is 1. The van der Waals surface area contributed by atoms with Gasteiger partial charge in [0, 0.05) is 22.9 Å². The molecule has 0 N–H and O–H groups in total. The van der Waals surface area contributed by atoms with Crippen LogP contribution in [0.25, 0.3) is 0 Å². The Bertz CT molecular complexity index is 505. The predicted octanol–water partition coefficient (Wildman–Crippen LogP) is 3.62. The third-order valence-electron chi connectivity index (χ3n) is 4.56. The van der Waals surface area contributed by atoms with Crippen LogP contribution in [0.2, 0.25) is 0 Å². The zero-order valence-electron chi connectivity index (χ0n) is 12.1. The molecule has 1 amide bonds. The van der Waals surface area contributed by atoms with Gasteiger partial charge < -0.3 is 14.4 Å². The maximum absolute atomic E-state index is 12.3. The highest BCUT2D eigenvalue weighted by atomic mass is 127. The van der Waals surface area contributed by atoms with Gasteiger partial charge in [-0.2, -0.15) is 0 Å². The topological polar surface area (TPSA) is 38.8 Å². The molecule has 21 heavy (non-hydrogen) atoms. The number of hydrogen-bond donors (Lipinski definition) is 0. The molecule has 114 valence electrons. The number of halogens is 1. The van der Waals surface area contributed by atoms with Crippen LogP contribution in [0.5, 0.6) is 5.75 Å². The number of alkyl halides is 1. The van der Waals surface area contributed by atoms with E-state index < -0.39 is 0 Å². The van der Waals surface area contributed by atoms with Gasteiger partial charge in [-0.3, -0.25) is 0 Å². The fourth-order valence-corrected chi connectivity index (χ4v) is 4.30. The lowest BCUT2D eigenvalue weighted by Gasteiger charge is -2.41. The first-order valence-electron chi connectivity index (χ1n) is 7.39. The van der Waals surface area contributed by atoms with Gasteiger partial charge in [-0.1, -0.05) is 41.1 Å². The molecular weight excluding hydrogens is 381 g/mol. The van der Waals surface area contributed by atoms with Gasteiger partial charge in [0.1, 0.15) is 11.9 Å². The minimum absolute atomic E-state index is 0.0951. The summed E-state index contributed by atoms with van der Waals surface area (Å²) in [5, 5.41) is 0. The van der Waals surface area contributed by atoms with E-state index in [9.17, 15) is 4.79 Å². The molecule has 1 aromatic carbocycles. The molecule has 1 aliphatic heterocycles. The Morgan fingerprint density at radius 3 is 2.76 bits per heavy atom. The Morgan fingerprint density at radius 2 is 2.10 bits per heavy atom. The van der Waals surface area contributed by atoms with E-state index in [0.29, 0.717) is 18.5 Å². The first-order chi connectivity index (χ1) is 10.2. The number of amides is 1. The highest BCUT2D eigenvalue weighted by Gasteiger charge is 2.45. The summed E-state index contributed by atoms with van der Waals surface area (Å²) in [7, 11) is 1.66. The summed E-state index contributed by atoms with van der Waals surface area (Å²) < 4.78 is 11.7. The second kappa shape index (κ2) is 6.42. The number of carbonyl (C=O) groups is 1. The van der Waals surface area contributed by atoms with Gasteiger partial charge in [0.25, 0.3) is 0 Å². The van der Waals surface area contributed by atoms with E-state index >= 15 is 0 Å². The van der Waals surface area contributed by atoms with Gasteiger partial charge in [-0.05, 0) is 30.5 Å². The largest absolute Gasteiger partial charge is 0.497 e. The molecule has 0 spiro atoms. The summed E-state index contributed by atoms with van der Waals surface area (Å²) in [4.78, 5) is 14.2. The minimum Gasteiger partial charge on any atom is -0.497 e. The van der Waals surface area contributed by atoms with Crippen molar-refractivity contribution in [2.75, 3.05) is 11.5 Å². The SMILES string of the molecule is COc1ccc(CN2C(=O)O[C@H](CI)[C@H]3CCC[C@@H]32)cc1. The van der Waals surface area contributed by atoms with Crippen molar-refractivity contribution in [2.45, 2.75) is 38.0 Å². The molecule has 1 saturated heterocycles. The molecule has 1 saturated carbocycles. The molecule has 4 nitrogen and oxygen atoms in total. The number of hydrogen-bond acceptors (Lipinski definition) is 3. The van der Waals surface area contributed by atoms with Crippen molar-refractivity contribution in [3.05, 3.63) is 29.8 Å². The third-order valence-corrected chi connectivity index (χ3v) is 5.43. The second-order valence-corrected chi connectivity index (χ2v) is 6.60. The molecule has 0 unspecified atom stereocenters. The zero-order chi connectivity index (χ0) is 14.8. The van der Waals surface area contributed by atoms with Gasteiger partial charge in [0.2, 0.25) is 0 Å². The lowest BCUT2D eigenvalue weighted by Crippen LogP contribution is -2.53. The van der Waals surface area contributed by atoms with Crippen molar-refractivity contribution in [1.29, 1.82) is 0 Å². The Labute approximate surface area is 138 Å². The van der Waals surface area contributed by atoms with Crippen molar-refractivity contribution in [3.63, 3.8) is 0 Å². The summed E-state index contributed by atoms with van der Waals surface area (Å²) in [6, 6.07) is 8.24. The number of ether oxygens (including phenoxy) is 2. The van der Waals surface area contributed by atoms with E-state index in [-0.39, 0.29) is 12.2 Å². The van der Waals surface area contributed by atoms with Crippen molar-refractivity contribution in [2.24, 2.45) is 5.92 Å². The fourth-order valence-electron chi connectivity index (χ4n) is 3.47. The Morgan fingerprint density at radius 1 is 1.33 bits per heavy atom. The van der Waals surface area contributed by atoms with E-state index in [2.05, 4.69) is 22.6 Å². The molecule has 1 heterocycles. The Hall–Kier alpha value is -0.980. The number of cyclic esters (lactones) is 1. The fraction of sp³-hybridized carbons (Fsp3) is 0.562. The van der Waals surface area contributed by atoms with Gasteiger partial charge in [0.15, 0.2) is 0 Å². The monoisotopic (exact) mass is 401 g/mol. The van der Waals surface area contributed by atoms with Crippen LogP contribution in [-0.2, 0) is 11.3 Å². The number of rotatable bonds is 4. The van der Waals surface area contributed by atoms with E-state index in [1.54, 1.807) is 7.11 Å². The summed E-state index contributed by atoms with van der Waals surface area (Å²) in [5.41, 5.74) is 1.12. The molecule has 1 aliphatic carbocycles. The smallest absolute Gasteiger partial charge is 0.410 e. The molecule has 0 aromatic heterocycles. The number of carbonyl (C=O) groups excluding carboxylic acids is 1. The van der Waals surface area contributed by atoms with Gasteiger partial charge in [-0.15, -0.1) is 0 Å².